The van der Waals surface area contributed by atoms with E-state index in [1.807, 2.05) is 36.4 Å². The lowest BCUT2D eigenvalue weighted by atomic mass is 10.2. The summed E-state index contributed by atoms with van der Waals surface area (Å²) in [5, 5.41) is 3.81. The topological polar surface area (TPSA) is 41.5 Å². The molecule has 0 aliphatic rings. The Hall–Kier alpha value is -2.27. The first-order chi connectivity index (χ1) is 10.1. The van der Waals surface area contributed by atoms with Crippen LogP contribution in [0.2, 0.25) is 0 Å². The fourth-order valence-electron chi connectivity index (χ4n) is 1.59. The van der Waals surface area contributed by atoms with Crippen molar-refractivity contribution in [3.05, 3.63) is 76.0 Å². The Bertz CT molecular complexity index is 684. The second-order valence-electron chi connectivity index (χ2n) is 4.15. The van der Waals surface area contributed by atoms with Crippen molar-refractivity contribution in [1.82, 2.24) is 5.43 Å². The Morgan fingerprint density at radius 2 is 1.90 bits per heavy atom. The van der Waals surface area contributed by atoms with E-state index in [4.69, 9.17) is 0 Å². The standard InChI is InChI=1S/C16H12BrFN2O/c17-14(9-12-5-2-1-3-6-12)11-19-20-16(21)13-7-4-8-15(18)10-13/h1-11H,(H,20,21). The van der Waals surface area contributed by atoms with E-state index >= 15 is 0 Å². The van der Waals surface area contributed by atoms with Crippen LogP contribution < -0.4 is 5.43 Å². The van der Waals surface area contributed by atoms with E-state index in [0.717, 1.165) is 11.6 Å². The number of hydrogen-bond donors (Lipinski definition) is 1. The number of hydrogen-bond acceptors (Lipinski definition) is 2. The van der Waals surface area contributed by atoms with Gasteiger partial charge >= 0.3 is 0 Å². The van der Waals surface area contributed by atoms with Gasteiger partial charge in [0.05, 0.1) is 6.21 Å². The third kappa shape index (κ3) is 4.96. The predicted molar refractivity (Wildman–Crippen MR) is 85.7 cm³/mol. The maximum atomic E-state index is 13.0. The van der Waals surface area contributed by atoms with E-state index in [-0.39, 0.29) is 5.56 Å². The fraction of sp³-hybridized carbons (Fsp3) is 0. The van der Waals surface area contributed by atoms with E-state index in [0.29, 0.717) is 4.48 Å². The highest BCUT2D eigenvalue weighted by molar-refractivity contribution is 9.12. The molecule has 21 heavy (non-hydrogen) atoms. The number of nitrogens with one attached hydrogen (secondary N) is 1. The van der Waals surface area contributed by atoms with Crippen LogP contribution >= 0.6 is 15.9 Å². The van der Waals surface area contributed by atoms with Crippen LogP contribution in [0.1, 0.15) is 15.9 Å². The third-order valence-corrected chi connectivity index (χ3v) is 2.98. The molecule has 2 aromatic carbocycles. The lowest BCUT2D eigenvalue weighted by Crippen LogP contribution is -2.17. The molecule has 1 N–H and O–H groups in total. The summed E-state index contributed by atoms with van der Waals surface area (Å²) in [4.78, 5) is 11.7. The van der Waals surface area contributed by atoms with Crippen molar-refractivity contribution in [1.29, 1.82) is 0 Å². The minimum atomic E-state index is -0.467. The molecule has 0 spiro atoms. The molecule has 3 nitrogen and oxygen atoms in total. The number of halogens is 2. The molecule has 0 aliphatic heterocycles. The highest BCUT2D eigenvalue weighted by atomic mass is 79.9. The monoisotopic (exact) mass is 346 g/mol. The van der Waals surface area contributed by atoms with Crippen LogP contribution in [0.4, 0.5) is 4.39 Å². The van der Waals surface area contributed by atoms with Crippen LogP contribution in [-0.2, 0) is 0 Å². The zero-order chi connectivity index (χ0) is 15.1. The molecule has 0 atom stereocenters. The summed E-state index contributed by atoms with van der Waals surface area (Å²) in [6, 6.07) is 15.1. The molecule has 5 heteroatoms. The largest absolute Gasteiger partial charge is 0.271 e. The van der Waals surface area contributed by atoms with Crippen molar-refractivity contribution in [2.45, 2.75) is 0 Å². The molecule has 0 saturated carbocycles. The molecule has 0 heterocycles. The first-order valence-electron chi connectivity index (χ1n) is 6.16. The second-order valence-corrected chi connectivity index (χ2v) is 5.07. The summed E-state index contributed by atoms with van der Waals surface area (Å²) in [6.45, 7) is 0. The van der Waals surface area contributed by atoms with Crippen molar-refractivity contribution < 1.29 is 9.18 Å². The SMILES string of the molecule is O=C(NN=CC(Br)=Cc1ccccc1)c1cccc(F)c1. The first-order valence-corrected chi connectivity index (χ1v) is 6.95. The van der Waals surface area contributed by atoms with Gasteiger partial charge in [0.15, 0.2) is 0 Å². The Morgan fingerprint density at radius 1 is 1.14 bits per heavy atom. The van der Waals surface area contributed by atoms with Gasteiger partial charge in [-0.25, -0.2) is 9.82 Å². The molecular formula is C16H12BrFN2O. The fourth-order valence-corrected chi connectivity index (χ4v) is 1.96. The lowest BCUT2D eigenvalue weighted by molar-refractivity contribution is 0.0954. The van der Waals surface area contributed by atoms with Gasteiger partial charge in [0.25, 0.3) is 5.91 Å². The van der Waals surface area contributed by atoms with Crippen LogP contribution in [0, 0.1) is 5.82 Å². The molecule has 0 unspecified atom stereocenters. The Labute approximate surface area is 130 Å². The Morgan fingerprint density at radius 3 is 2.62 bits per heavy atom. The highest BCUT2D eigenvalue weighted by Gasteiger charge is 2.04. The van der Waals surface area contributed by atoms with Crippen molar-refractivity contribution in [2.75, 3.05) is 0 Å². The minimum absolute atomic E-state index is 0.218. The van der Waals surface area contributed by atoms with Crippen LogP contribution in [0.3, 0.4) is 0 Å². The Kier molecular flexibility index (Phi) is 5.40. The summed E-state index contributed by atoms with van der Waals surface area (Å²) in [7, 11) is 0. The Balaban J connectivity index is 1.96. The van der Waals surface area contributed by atoms with Crippen molar-refractivity contribution >= 4 is 34.1 Å². The lowest BCUT2D eigenvalue weighted by Gasteiger charge is -1.99. The smallest absolute Gasteiger partial charge is 0.267 e. The van der Waals surface area contributed by atoms with Crippen molar-refractivity contribution in [2.24, 2.45) is 5.10 Å². The maximum Gasteiger partial charge on any atom is 0.271 e. The average Bonchev–Trinajstić information content (AvgIpc) is 2.48. The molecule has 0 aromatic heterocycles. The maximum absolute atomic E-state index is 13.0. The predicted octanol–water partition coefficient (Wildman–Crippen LogP) is 3.98. The van der Waals surface area contributed by atoms with Gasteiger partial charge in [-0.1, -0.05) is 36.4 Å². The zero-order valence-corrected chi connectivity index (χ0v) is 12.5. The van der Waals surface area contributed by atoms with E-state index < -0.39 is 11.7 Å². The molecule has 2 aromatic rings. The van der Waals surface area contributed by atoms with Gasteiger partial charge in [0.2, 0.25) is 0 Å². The quantitative estimate of drug-likeness (QED) is 0.660. The molecule has 2 rings (SSSR count). The molecule has 106 valence electrons. The van der Waals surface area contributed by atoms with Gasteiger partial charge in [-0.05, 0) is 45.8 Å². The number of carbonyl (C=O) groups excluding carboxylic acids is 1. The van der Waals surface area contributed by atoms with Crippen LogP contribution in [-0.4, -0.2) is 12.1 Å². The third-order valence-electron chi connectivity index (χ3n) is 2.54. The number of benzene rings is 2. The highest BCUT2D eigenvalue weighted by Crippen LogP contribution is 2.09. The number of hydrazone groups is 1. The summed E-state index contributed by atoms with van der Waals surface area (Å²) in [5.74, 6) is -0.928. The van der Waals surface area contributed by atoms with Gasteiger partial charge in [-0.15, -0.1) is 0 Å². The van der Waals surface area contributed by atoms with Crippen LogP contribution in [0.5, 0.6) is 0 Å². The van der Waals surface area contributed by atoms with Crippen LogP contribution in [0.25, 0.3) is 6.08 Å². The summed E-state index contributed by atoms with van der Waals surface area (Å²) in [5.41, 5.74) is 3.56. The normalized spacial score (nSPS) is 11.6. The molecular weight excluding hydrogens is 335 g/mol. The van der Waals surface area contributed by atoms with Gasteiger partial charge in [-0.2, -0.15) is 5.10 Å². The van der Waals surface area contributed by atoms with E-state index in [1.165, 1.54) is 24.4 Å². The van der Waals surface area contributed by atoms with Gasteiger partial charge < -0.3 is 0 Å². The van der Waals surface area contributed by atoms with Gasteiger partial charge in [0.1, 0.15) is 5.82 Å². The van der Waals surface area contributed by atoms with Gasteiger partial charge in [-0.3, -0.25) is 4.79 Å². The van der Waals surface area contributed by atoms with Crippen LogP contribution in [0.15, 0.2) is 64.2 Å². The number of allylic oxidation sites excluding steroid dienone is 1. The van der Waals surface area contributed by atoms with Gasteiger partial charge in [0, 0.05) is 10.0 Å². The molecule has 0 fully saturated rings. The minimum Gasteiger partial charge on any atom is -0.267 e. The molecule has 0 aliphatic carbocycles. The summed E-state index contributed by atoms with van der Waals surface area (Å²) >= 11 is 3.33. The molecule has 0 bridgehead atoms. The van der Waals surface area contributed by atoms with E-state index in [9.17, 15) is 9.18 Å². The second kappa shape index (κ2) is 7.50. The molecule has 0 saturated heterocycles. The van der Waals surface area contributed by atoms with E-state index in [2.05, 4.69) is 26.5 Å². The van der Waals surface area contributed by atoms with E-state index in [1.54, 1.807) is 0 Å². The number of amides is 1. The zero-order valence-electron chi connectivity index (χ0n) is 11.0. The average molecular weight is 347 g/mol. The number of nitrogens with zero attached hydrogens (tertiary/aromatic N) is 1. The number of rotatable bonds is 4. The summed E-state index contributed by atoms with van der Waals surface area (Å²) < 4.78 is 13.7. The number of carbonyl (C=O) groups is 1. The summed E-state index contributed by atoms with van der Waals surface area (Å²) in [6.07, 6.45) is 3.32. The first kappa shape index (κ1) is 15.1. The van der Waals surface area contributed by atoms with Crippen molar-refractivity contribution in [3.63, 3.8) is 0 Å². The molecule has 0 radical (unpaired) electrons. The van der Waals surface area contributed by atoms with Crippen molar-refractivity contribution in [3.8, 4) is 0 Å². The molecule has 1 amide bonds.